The van der Waals surface area contributed by atoms with E-state index in [0.29, 0.717) is 5.39 Å². The molecule has 0 fully saturated rings. The van der Waals surface area contributed by atoms with E-state index in [4.69, 9.17) is 14.8 Å². The standard InChI is InChI=1S/C11H10N2O6S3.Na/c12-11(20)13-10-5-8(22(17,18)19)4-6-3-7(21(14,15)16)1-2-9(6)10;/h1-5H,(H3,12,13,20)(H,14,15,16)(H,17,18,19);/q;+1. The van der Waals surface area contributed by atoms with Crippen LogP contribution in [0.25, 0.3) is 10.8 Å². The molecule has 0 radical (unpaired) electrons. The van der Waals surface area contributed by atoms with Gasteiger partial charge in [0.25, 0.3) is 20.2 Å². The third-order valence-corrected chi connectivity index (χ3v) is 4.53. The molecule has 23 heavy (non-hydrogen) atoms. The third kappa shape index (κ3) is 4.84. The summed E-state index contributed by atoms with van der Waals surface area (Å²) in [5.74, 6) is 0. The molecule has 0 aliphatic carbocycles. The first-order chi connectivity index (χ1) is 9.98. The van der Waals surface area contributed by atoms with Crippen LogP contribution in [-0.2, 0) is 20.2 Å². The van der Waals surface area contributed by atoms with Gasteiger partial charge in [0.1, 0.15) is 0 Å². The molecule has 2 aromatic rings. The van der Waals surface area contributed by atoms with Gasteiger partial charge < -0.3 is 11.1 Å². The minimum atomic E-state index is -4.54. The van der Waals surface area contributed by atoms with E-state index in [2.05, 4.69) is 17.5 Å². The molecule has 0 spiro atoms. The molecular weight excluding hydrogens is 375 g/mol. The second-order valence-corrected chi connectivity index (χ2v) is 7.58. The molecule has 8 nitrogen and oxygen atoms in total. The minimum absolute atomic E-state index is 0. The van der Waals surface area contributed by atoms with Crippen molar-refractivity contribution in [3.8, 4) is 0 Å². The van der Waals surface area contributed by atoms with E-state index < -0.39 is 30.0 Å². The van der Waals surface area contributed by atoms with E-state index in [1.165, 1.54) is 6.07 Å². The van der Waals surface area contributed by atoms with Crippen molar-refractivity contribution < 1.29 is 55.5 Å². The van der Waals surface area contributed by atoms with E-state index in [-0.39, 0.29) is 45.7 Å². The van der Waals surface area contributed by atoms with Gasteiger partial charge in [0.2, 0.25) is 0 Å². The van der Waals surface area contributed by atoms with Crippen LogP contribution in [0, 0.1) is 0 Å². The zero-order valence-electron chi connectivity index (χ0n) is 11.7. The number of benzene rings is 2. The zero-order chi connectivity index (χ0) is 16.7. The number of hydrogen-bond acceptors (Lipinski definition) is 5. The Morgan fingerprint density at radius 1 is 1.00 bits per heavy atom. The molecule has 118 valence electrons. The van der Waals surface area contributed by atoms with Gasteiger partial charge in [-0.25, -0.2) is 0 Å². The Balaban J connectivity index is 0.00000264. The van der Waals surface area contributed by atoms with Gasteiger partial charge in [-0.2, -0.15) is 16.8 Å². The largest absolute Gasteiger partial charge is 1.00 e. The monoisotopic (exact) mass is 385 g/mol. The summed E-state index contributed by atoms with van der Waals surface area (Å²) in [6, 6.07) is 5.69. The predicted molar refractivity (Wildman–Crippen MR) is 84.0 cm³/mol. The van der Waals surface area contributed by atoms with Crippen LogP contribution in [0.5, 0.6) is 0 Å². The molecule has 0 bridgehead atoms. The summed E-state index contributed by atoms with van der Waals surface area (Å²) in [5, 5.41) is 2.93. The number of thiocarbonyl (C=S) groups is 1. The van der Waals surface area contributed by atoms with E-state index in [9.17, 15) is 16.8 Å². The zero-order valence-corrected chi connectivity index (χ0v) is 16.2. The average Bonchev–Trinajstić information content (AvgIpc) is 2.35. The molecule has 5 N–H and O–H groups in total. The molecule has 12 heteroatoms. The Kier molecular flexibility index (Phi) is 6.15. The molecule has 0 aliphatic heterocycles. The van der Waals surface area contributed by atoms with E-state index in [1.54, 1.807) is 0 Å². The Hall–Kier alpha value is -0.790. The summed E-state index contributed by atoms with van der Waals surface area (Å²) in [6.07, 6.45) is 0. The van der Waals surface area contributed by atoms with Gasteiger partial charge in [-0.3, -0.25) is 9.11 Å². The number of nitrogens with one attached hydrogen (secondary N) is 1. The summed E-state index contributed by atoms with van der Waals surface area (Å²) in [6.45, 7) is 0. The summed E-state index contributed by atoms with van der Waals surface area (Å²) in [5.41, 5.74) is 5.51. The van der Waals surface area contributed by atoms with Crippen LogP contribution < -0.4 is 40.6 Å². The van der Waals surface area contributed by atoms with E-state index in [0.717, 1.165) is 24.3 Å². The third-order valence-electron chi connectivity index (χ3n) is 2.75. The van der Waals surface area contributed by atoms with Crippen molar-refractivity contribution in [3.63, 3.8) is 0 Å². The Morgan fingerprint density at radius 3 is 2.00 bits per heavy atom. The van der Waals surface area contributed by atoms with Gasteiger partial charge in [-0.1, -0.05) is 6.07 Å². The van der Waals surface area contributed by atoms with Gasteiger partial charge in [-0.05, 0) is 41.9 Å². The summed E-state index contributed by atoms with van der Waals surface area (Å²) >= 11 is 4.68. The number of nitrogens with two attached hydrogens (primary N) is 1. The van der Waals surface area contributed by atoms with Crippen LogP contribution in [0.1, 0.15) is 0 Å². The normalized spacial score (nSPS) is 11.7. The Labute approximate surface area is 159 Å². The van der Waals surface area contributed by atoms with Crippen molar-refractivity contribution >= 4 is 54.0 Å². The van der Waals surface area contributed by atoms with Gasteiger partial charge in [0.15, 0.2) is 5.11 Å². The molecule has 0 aliphatic rings. The second-order valence-electron chi connectivity index (χ2n) is 4.29. The van der Waals surface area contributed by atoms with Crippen LogP contribution in [0.15, 0.2) is 40.1 Å². The van der Waals surface area contributed by atoms with E-state index in [1.807, 2.05) is 0 Å². The molecule has 0 aromatic heterocycles. The van der Waals surface area contributed by atoms with Crippen molar-refractivity contribution in [3.05, 3.63) is 30.3 Å². The van der Waals surface area contributed by atoms with Crippen LogP contribution in [0.3, 0.4) is 0 Å². The number of rotatable bonds is 3. The SMILES string of the molecule is NC(=S)Nc1cc(S(=O)(=O)O)cc2cc(S(=O)(=O)O)ccc12.[Na+]. The Bertz CT molecular complexity index is 983. The van der Waals surface area contributed by atoms with Crippen molar-refractivity contribution in [2.45, 2.75) is 9.79 Å². The van der Waals surface area contributed by atoms with Gasteiger partial charge >= 0.3 is 29.6 Å². The first kappa shape index (κ1) is 20.3. The molecule has 0 unspecified atom stereocenters. The van der Waals surface area contributed by atoms with Crippen molar-refractivity contribution in [2.75, 3.05) is 5.32 Å². The van der Waals surface area contributed by atoms with Crippen molar-refractivity contribution in [1.29, 1.82) is 0 Å². The molecule has 2 rings (SSSR count). The van der Waals surface area contributed by atoms with Crippen molar-refractivity contribution in [1.82, 2.24) is 0 Å². The maximum absolute atomic E-state index is 11.3. The fourth-order valence-electron chi connectivity index (χ4n) is 1.87. The predicted octanol–water partition coefficient (Wildman–Crippen LogP) is -2.01. The van der Waals surface area contributed by atoms with Crippen LogP contribution in [0.2, 0.25) is 0 Å². The maximum atomic E-state index is 11.3. The van der Waals surface area contributed by atoms with Crippen LogP contribution in [-0.4, -0.2) is 31.1 Å². The van der Waals surface area contributed by atoms with Crippen LogP contribution >= 0.6 is 12.2 Å². The summed E-state index contributed by atoms with van der Waals surface area (Å²) in [7, 11) is -9.00. The Morgan fingerprint density at radius 2 is 1.52 bits per heavy atom. The summed E-state index contributed by atoms with van der Waals surface area (Å²) in [4.78, 5) is -0.903. The summed E-state index contributed by atoms with van der Waals surface area (Å²) < 4.78 is 63.1. The number of fused-ring (bicyclic) bond motifs is 1. The quantitative estimate of drug-likeness (QED) is 0.267. The molecule has 0 amide bonds. The number of anilines is 1. The second kappa shape index (κ2) is 6.99. The molecule has 0 saturated heterocycles. The molecular formula is C11H10N2NaO6S3+. The minimum Gasteiger partial charge on any atom is -0.376 e. The fraction of sp³-hybridized carbons (Fsp3) is 0. The van der Waals surface area contributed by atoms with Crippen molar-refractivity contribution in [2.24, 2.45) is 5.73 Å². The molecule has 0 saturated carbocycles. The maximum Gasteiger partial charge on any atom is 1.00 e. The first-order valence-corrected chi connectivity index (χ1v) is 8.86. The number of hydrogen-bond donors (Lipinski definition) is 4. The van der Waals surface area contributed by atoms with Gasteiger partial charge in [0.05, 0.1) is 9.79 Å². The fourth-order valence-corrected chi connectivity index (χ4v) is 3.03. The topological polar surface area (TPSA) is 147 Å². The molecule has 0 heterocycles. The van der Waals surface area contributed by atoms with Gasteiger partial charge in [0, 0.05) is 11.1 Å². The smallest absolute Gasteiger partial charge is 0.376 e. The van der Waals surface area contributed by atoms with Gasteiger partial charge in [-0.15, -0.1) is 0 Å². The average molecular weight is 385 g/mol. The van der Waals surface area contributed by atoms with E-state index >= 15 is 0 Å². The first-order valence-electron chi connectivity index (χ1n) is 5.58. The molecule has 2 aromatic carbocycles. The molecule has 0 atom stereocenters. The van der Waals surface area contributed by atoms with Crippen LogP contribution in [0.4, 0.5) is 5.69 Å².